The van der Waals surface area contributed by atoms with Gasteiger partial charge in [0.1, 0.15) is 29.0 Å². The summed E-state index contributed by atoms with van der Waals surface area (Å²) in [6.45, 7) is 14.5. The van der Waals surface area contributed by atoms with Gasteiger partial charge in [-0.1, -0.05) is 58.9 Å². The van der Waals surface area contributed by atoms with Crippen LogP contribution in [0.4, 0.5) is 10.6 Å². The number of aldehydes is 1. The number of carbonyl (C=O) groups excluding carboxylic acids is 3. The Labute approximate surface area is 299 Å². The van der Waals surface area contributed by atoms with Crippen LogP contribution >= 0.6 is 0 Å². The average molecular weight is 696 g/mol. The Morgan fingerprint density at radius 1 is 1.04 bits per heavy atom. The second-order valence-corrected chi connectivity index (χ2v) is 14.8. The highest BCUT2D eigenvalue weighted by atomic mass is 16.5. The van der Waals surface area contributed by atoms with Crippen LogP contribution in [0.3, 0.4) is 0 Å². The van der Waals surface area contributed by atoms with Gasteiger partial charge in [-0.2, -0.15) is 0 Å². The van der Waals surface area contributed by atoms with Crippen molar-refractivity contribution in [1.29, 1.82) is 0 Å². The summed E-state index contributed by atoms with van der Waals surface area (Å²) in [5, 5.41) is 17.2. The number of hydrogen-bond acceptors (Lipinski definition) is 9. The Balaban J connectivity index is 1.39. The third-order valence-electron chi connectivity index (χ3n) is 9.60. The fourth-order valence-corrected chi connectivity index (χ4v) is 5.80. The van der Waals surface area contributed by atoms with Gasteiger partial charge in [0.25, 0.3) is 5.91 Å². The molecule has 0 spiro atoms. The van der Waals surface area contributed by atoms with Crippen molar-refractivity contribution in [2.45, 2.75) is 89.8 Å². The Morgan fingerprint density at radius 2 is 1.76 bits per heavy atom. The lowest BCUT2D eigenvalue weighted by atomic mass is 9.81. The summed E-state index contributed by atoms with van der Waals surface area (Å²) in [6, 6.07) is 12.0. The van der Waals surface area contributed by atoms with Crippen molar-refractivity contribution < 1.29 is 19.1 Å². The monoisotopic (exact) mass is 695 g/mol. The molecule has 0 saturated carbocycles. The third-order valence-corrected chi connectivity index (χ3v) is 9.60. The van der Waals surface area contributed by atoms with Gasteiger partial charge in [-0.25, -0.2) is 14.8 Å². The Kier molecular flexibility index (Phi) is 10.6. The van der Waals surface area contributed by atoms with E-state index < -0.39 is 29.0 Å². The SMILES string of the molecule is CCC(CC)c1nnc2ccc(O[C@@H]3C=C[C@](C=O)(NC(=O)Nc4cc(C(C)(C)C)nc(C(=O)NCC(C)(C)N(C)C)n4)c4ccccc43)cn12. The highest BCUT2D eigenvalue weighted by Crippen LogP contribution is 2.37. The third kappa shape index (κ3) is 7.93. The molecule has 1 aliphatic rings. The fourth-order valence-electron chi connectivity index (χ4n) is 5.80. The van der Waals surface area contributed by atoms with Crippen LogP contribution in [0.2, 0.25) is 0 Å². The minimum atomic E-state index is -1.50. The van der Waals surface area contributed by atoms with Crippen LogP contribution in [-0.2, 0) is 15.7 Å². The van der Waals surface area contributed by atoms with Crippen molar-refractivity contribution >= 4 is 29.7 Å². The second-order valence-electron chi connectivity index (χ2n) is 14.8. The van der Waals surface area contributed by atoms with E-state index in [1.54, 1.807) is 30.4 Å². The lowest BCUT2D eigenvalue weighted by Crippen LogP contribution is -2.49. The zero-order valence-electron chi connectivity index (χ0n) is 30.9. The van der Waals surface area contributed by atoms with E-state index in [2.05, 4.69) is 50.0 Å². The fraction of sp³-hybridized carbons (Fsp3) is 0.447. The number of aromatic nitrogens is 5. The number of fused-ring (bicyclic) bond motifs is 2. The van der Waals surface area contributed by atoms with Crippen LogP contribution in [-0.4, -0.2) is 73.9 Å². The molecule has 4 aromatic rings. The average Bonchev–Trinajstić information content (AvgIpc) is 3.51. The molecular weight excluding hydrogens is 646 g/mol. The van der Waals surface area contributed by atoms with E-state index in [4.69, 9.17) is 4.74 Å². The molecule has 0 unspecified atom stereocenters. The minimum absolute atomic E-state index is 0.0722. The van der Waals surface area contributed by atoms with E-state index in [1.807, 2.05) is 88.5 Å². The van der Waals surface area contributed by atoms with Crippen molar-refractivity contribution in [2.24, 2.45) is 0 Å². The van der Waals surface area contributed by atoms with E-state index in [9.17, 15) is 14.4 Å². The first-order chi connectivity index (χ1) is 24.1. The molecule has 270 valence electrons. The van der Waals surface area contributed by atoms with Gasteiger partial charge in [-0.05, 0) is 70.6 Å². The summed E-state index contributed by atoms with van der Waals surface area (Å²) in [5.74, 6) is 1.34. The van der Waals surface area contributed by atoms with Crippen LogP contribution in [0.5, 0.6) is 5.75 Å². The van der Waals surface area contributed by atoms with Gasteiger partial charge in [0.2, 0.25) is 5.82 Å². The lowest BCUT2D eigenvalue weighted by Gasteiger charge is -2.34. The molecule has 0 saturated heterocycles. The predicted octanol–water partition coefficient (Wildman–Crippen LogP) is 5.70. The first kappa shape index (κ1) is 37.1. The maximum absolute atomic E-state index is 13.6. The minimum Gasteiger partial charge on any atom is -0.480 e. The molecule has 51 heavy (non-hydrogen) atoms. The van der Waals surface area contributed by atoms with Crippen LogP contribution in [0.25, 0.3) is 5.65 Å². The Bertz CT molecular complexity index is 1940. The first-order valence-corrected chi connectivity index (χ1v) is 17.3. The van der Waals surface area contributed by atoms with Gasteiger partial charge < -0.3 is 20.3 Å². The predicted molar refractivity (Wildman–Crippen MR) is 196 cm³/mol. The number of nitrogens with one attached hydrogen (secondary N) is 3. The molecular formula is C38H49N9O4. The summed E-state index contributed by atoms with van der Waals surface area (Å²) >= 11 is 0. The summed E-state index contributed by atoms with van der Waals surface area (Å²) in [7, 11) is 3.87. The second kappa shape index (κ2) is 14.6. The maximum Gasteiger partial charge on any atom is 0.321 e. The lowest BCUT2D eigenvalue weighted by molar-refractivity contribution is -0.111. The zero-order valence-corrected chi connectivity index (χ0v) is 30.9. The number of ether oxygens (including phenoxy) is 1. The van der Waals surface area contributed by atoms with Crippen molar-refractivity contribution in [3.8, 4) is 5.75 Å². The number of urea groups is 1. The topological polar surface area (TPSA) is 156 Å². The molecule has 0 radical (unpaired) electrons. The number of carbonyl (C=O) groups is 3. The van der Waals surface area contributed by atoms with Crippen molar-refractivity contribution in [1.82, 2.24) is 40.1 Å². The standard InChI is InChI=1S/C38H49N9O4/c1-10-24(11-2)33-45-44-31-17-16-25(21-47(31)33)51-28-18-19-38(23-48,27-15-13-12-14-26(27)28)43-35(50)42-30-20-29(36(3,4)5)40-32(41-30)34(49)39-22-37(6,7)46(8)9/h12-21,23-24,28H,10-11,22H2,1-9H3,(H,39,49)(H2,40,41,42,43,50)/t28-,38-/m1/s1. The molecule has 0 aliphatic heterocycles. The van der Waals surface area contributed by atoms with E-state index in [1.165, 1.54) is 0 Å². The molecule has 3 heterocycles. The molecule has 13 heteroatoms. The number of hydrogen-bond donors (Lipinski definition) is 3. The van der Waals surface area contributed by atoms with Gasteiger partial charge in [0.05, 0.1) is 11.9 Å². The number of anilines is 1. The molecule has 3 amide bonds. The first-order valence-electron chi connectivity index (χ1n) is 17.3. The molecule has 5 rings (SSSR count). The number of nitrogens with zero attached hydrogens (tertiary/aromatic N) is 6. The largest absolute Gasteiger partial charge is 0.480 e. The van der Waals surface area contributed by atoms with E-state index in [0.717, 1.165) is 24.3 Å². The van der Waals surface area contributed by atoms with E-state index in [-0.39, 0.29) is 23.1 Å². The normalized spacial score (nSPS) is 17.4. The number of likely N-dealkylation sites (N-methyl/N-ethyl adjacent to an activating group) is 1. The molecule has 1 aliphatic carbocycles. The van der Waals surface area contributed by atoms with Crippen molar-refractivity contribution in [2.75, 3.05) is 26.0 Å². The van der Waals surface area contributed by atoms with Crippen LogP contribution in [0.1, 0.15) is 107 Å². The quantitative estimate of drug-likeness (QED) is 0.125. The Hall–Kier alpha value is -5.17. The van der Waals surface area contributed by atoms with Crippen LogP contribution < -0.4 is 20.7 Å². The smallest absolute Gasteiger partial charge is 0.321 e. The number of rotatable bonds is 12. The van der Waals surface area contributed by atoms with Gasteiger partial charge in [-0.15, -0.1) is 10.2 Å². The molecule has 0 fully saturated rings. The number of pyridine rings is 1. The number of benzene rings is 1. The summed E-state index contributed by atoms with van der Waals surface area (Å²) in [5.41, 5.74) is 0.315. The molecule has 2 atom stereocenters. The summed E-state index contributed by atoms with van der Waals surface area (Å²) in [4.78, 5) is 50.6. The molecule has 13 nitrogen and oxygen atoms in total. The van der Waals surface area contributed by atoms with E-state index in [0.29, 0.717) is 35.4 Å². The van der Waals surface area contributed by atoms with Gasteiger partial charge in [-0.3, -0.25) is 19.3 Å². The van der Waals surface area contributed by atoms with Crippen LogP contribution in [0.15, 0.2) is 60.8 Å². The van der Waals surface area contributed by atoms with Crippen molar-refractivity contribution in [3.63, 3.8) is 0 Å². The zero-order chi connectivity index (χ0) is 37.1. The molecule has 3 aromatic heterocycles. The van der Waals surface area contributed by atoms with Gasteiger partial charge in [0, 0.05) is 35.0 Å². The van der Waals surface area contributed by atoms with Gasteiger partial charge >= 0.3 is 6.03 Å². The molecule has 1 aromatic carbocycles. The molecule has 3 N–H and O–H groups in total. The van der Waals surface area contributed by atoms with Crippen molar-refractivity contribution in [3.05, 3.63) is 89.3 Å². The summed E-state index contributed by atoms with van der Waals surface area (Å²) < 4.78 is 8.43. The maximum atomic E-state index is 13.6. The molecule has 0 bridgehead atoms. The Morgan fingerprint density at radius 3 is 2.43 bits per heavy atom. The van der Waals surface area contributed by atoms with E-state index >= 15 is 0 Å². The summed E-state index contributed by atoms with van der Waals surface area (Å²) in [6.07, 6.45) is 7.31. The number of amides is 3. The van der Waals surface area contributed by atoms with Crippen LogP contribution in [0, 0.1) is 0 Å². The highest BCUT2D eigenvalue weighted by molar-refractivity contribution is 5.94. The highest BCUT2D eigenvalue weighted by Gasteiger charge is 2.38. The van der Waals surface area contributed by atoms with Gasteiger partial charge in [0.15, 0.2) is 11.9 Å².